The van der Waals surface area contributed by atoms with Crippen molar-refractivity contribution in [3.8, 4) is 0 Å². The van der Waals surface area contributed by atoms with Crippen LogP contribution in [0.2, 0.25) is 0 Å². The number of carbonyl (C=O) groups is 1. The van der Waals surface area contributed by atoms with Gasteiger partial charge in [-0.2, -0.15) is 0 Å². The summed E-state index contributed by atoms with van der Waals surface area (Å²) in [6.45, 7) is 11.1. The molecule has 0 radical (unpaired) electrons. The first kappa shape index (κ1) is 21.0. The number of anilines is 1. The fourth-order valence-corrected chi connectivity index (χ4v) is 6.57. The number of allylic oxidation sites excluding steroid dienone is 1. The zero-order chi connectivity index (χ0) is 21.8. The van der Waals surface area contributed by atoms with Crippen LogP contribution in [-0.4, -0.2) is 60.9 Å². The highest BCUT2D eigenvalue weighted by Crippen LogP contribution is 2.56. The van der Waals surface area contributed by atoms with Crippen molar-refractivity contribution in [2.45, 2.75) is 52.2 Å². The Morgan fingerprint density at radius 3 is 2.74 bits per heavy atom. The molecule has 0 bridgehead atoms. The van der Waals surface area contributed by atoms with Crippen LogP contribution >= 0.6 is 0 Å². The molecule has 0 unspecified atom stereocenters. The van der Waals surface area contributed by atoms with Gasteiger partial charge in [0.05, 0.1) is 12.0 Å². The van der Waals surface area contributed by atoms with Crippen LogP contribution < -0.4 is 4.90 Å². The molecule has 6 atom stereocenters. The first-order chi connectivity index (χ1) is 14.9. The minimum atomic E-state index is -0.516. The Labute approximate surface area is 186 Å². The topological polar surface area (TPSA) is 53.0 Å². The fourth-order valence-electron chi connectivity index (χ4n) is 6.57. The molecular weight excluding hydrogens is 388 g/mol. The standard InChI is InChI=1S/C26H36N2O3/c1-17-6-4-9-20(14-17)28-12-10-27(11-13-28)16-21-23-22(31-25(21)30)15-19-8-5-7-18(2)26(19,3)24(23)29/h4,6,8-9,14,18,21-24,29H,5,7,10-13,15-16H2,1-3H3/t18-,21+,22+,23-,24+,26+/m1/s1. The zero-order valence-electron chi connectivity index (χ0n) is 19.1. The number of benzene rings is 1. The number of rotatable bonds is 3. The summed E-state index contributed by atoms with van der Waals surface area (Å²) in [6, 6.07) is 8.67. The number of aryl methyl sites for hydroxylation is 1. The molecule has 2 aliphatic carbocycles. The molecule has 5 nitrogen and oxygen atoms in total. The van der Waals surface area contributed by atoms with Gasteiger partial charge < -0.3 is 14.7 Å². The van der Waals surface area contributed by atoms with Gasteiger partial charge in [0.1, 0.15) is 6.10 Å². The van der Waals surface area contributed by atoms with Gasteiger partial charge in [0.15, 0.2) is 0 Å². The van der Waals surface area contributed by atoms with Crippen molar-refractivity contribution >= 4 is 11.7 Å². The third-order valence-corrected chi connectivity index (χ3v) is 8.76. The molecule has 0 aromatic heterocycles. The molecule has 1 aromatic carbocycles. The Kier molecular flexibility index (Phi) is 5.38. The number of piperazine rings is 1. The molecule has 1 N–H and O–H groups in total. The Morgan fingerprint density at radius 2 is 2.00 bits per heavy atom. The van der Waals surface area contributed by atoms with Gasteiger partial charge in [-0.15, -0.1) is 0 Å². The van der Waals surface area contributed by atoms with Crippen molar-refractivity contribution in [2.24, 2.45) is 23.2 Å². The summed E-state index contributed by atoms with van der Waals surface area (Å²) in [4.78, 5) is 17.7. The van der Waals surface area contributed by atoms with Gasteiger partial charge in [-0.05, 0) is 43.4 Å². The van der Waals surface area contributed by atoms with Crippen molar-refractivity contribution < 1.29 is 14.6 Å². The predicted octanol–water partition coefficient (Wildman–Crippen LogP) is 3.40. The van der Waals surface area contributed by atoms with Gasteiger partial charge in [0, 0.05) is 56.2 Å². The van der Waals surface area contributed by atoms with E-state index in [1.165, 1.54) is 16.8 Å². The third kappa shape index (κ3) is 3.50. The third-order valence-electron chi connectivity index (χ3n) is 8.76. The second kappa shape index (κ2) is 7.93. The van der Waals surface area contributed by atoms with Crippen molar-refractivity contribution in [2.75, 3.05) is 37.6 Å². The maximum Gasteiger partial charge on any atom is 0.311 e. The van der Waals surface area contributed by atoms with Crippen LogP contribution in [0.1, 0.15) is 38.7 Å². The molecule has 168 valence electrons. The Hall–Kier alpha value is -1.85. The Bertz CT molecular complexity index is 875. The smallest absolute Gasteiger partial charge is 0.311 e. The van der Waals surface area contributed by atoms with E-state index in [2.05, 4.69) is 60.9 Å². The molecule has 5 rings (SSSR count). The highest BCUT2D eigenvalue weighted by atomic mass is 16.6. The first-order valence-corrected chi connectivity index (χ1v) is 12.0. The highest BCUT2D eigenvalue weighted by Gasteiger charge is 2.59. The van der Waals surface area contributed by atoms with Gasteiger partial charge in [-0.3, -0.25) is 9.69 Å². The monoisotopic (exact) mass is 424 g/mol. The van der Waals surface area contributed by atoms with E-state index in [1.807, 2.05) is 0 Å². The van der Waals surface area contributed by atoms with Gasteiger partial charge in [-0.25, -0.2) is 0 Å². The lowest BCUT2D eigenvalue weighted by molar-refractivity contribution is -0.145. The summed E-state index contributed by atoms with van der Waals surface area (Å²) in [6.07, 6.45) is 4.59. The average Bonchev–Trinajstić information content (AvgIpc) is 3.06. The van der Waals surface area contributed by atoms with Crippen molar-refractivity contribution in [3.05, 3.63) is 41.5 Å². The second-order valence-electron chi connectivity index (χ2n) is 10.4. The maximum absolute atomic E-state index is 12.9. The molecule has 0 spiro atoms. The van der Waals surface area contributed by atoms with E-state index < -0.39 is 6.10 Å². The van der Waals surface area contributed by atoms with E-state index in [4.69, 9.17) is 4.74 Å². The largest absolute Gasteiger partial charge is 0.461 e. The number of esters is 1. The number of hydrogen-bond acceptors (Lipinski definition) is 5. The van der Waals surface area contributed by atoms with Crippen LogP contribution in [0.25, 0.3) is 0 Å². The number of ether oxygens (including phenoxy) is 1. The van der Waals surface area contributed by atoms with Crippen LogP contribution in [0.4, 0.5) is 5.69 Å². The van der Waals surface area contributed by atoms with E-state index in [-0.39, 0.29) is 29.3 Å². The van der Waals surface area contributed by atoms with E-state index in [0.29, 0.717) is 12.5 Å². The summed E-state index contributed by atoms with van der Waals surface area (Å²) < 4.78 is 5.85. The van der Waals surface area contributed by atoms with Crippen molar-refractivity contribution in [3.63, 3.8) is 0 Å². The summed E-state index contributed by atoms with van der Waals surface area (Å²) in [5, 5.41) is 11.5. The lowest BCUT2D eigenvalue weighted by Gasteiger charge is -2.52. The number of fused-ring (bicyclic) bond motifs is 2. The summed E-state index contributed by atoms with van der Waals surface area (Å²) >= 11 is 0. The van der Waals surface area contributed by atoms with Crippen LogP contribution in [0.15, 0.2) is 35.9 Å². The normalized spacial score (nSPS) is 38.3. The minimum absolute atomic E-state index is 0.0926. The van der Waals surface area contributed by atoms with Crippen LogP contribution in [0.5, 0.6) is 0 Å². The molecule has 31 heavy (non-hydrogen) atoms. The van der Waals surface area contributed by atoms with Gasteiger partial charge in [-0.1, -0.05) is 37.6 Å². The zero-order valence-corrected chi connectivity index (χ0v) is 19.1. The number of aliphatic hydroxyl groups excluding tert-OH is 1. The van der Waals surface area contributed by atoms with Crippen LogP contribution in [0.3, 0.4) is 0 Å². The molecule has 1 aromatic rings. The van der Waals surface area contributed by atoms with E-state index in [1.54, 1.807) is 0 Å². The van der Waals surface area contributed by atoms with Crippen LogP contribution in [-0.2, 0) is 9.53 Å². The average molecular weight is 425 g/mol. The van der Waals surface area contributed by atoms with Crippen molar-refractivity contribution in [1.82, 2.24) is 4.90 Å². The van der Waals surface area contributed by atoms with Crippen LogP contribution in [0, 0.1) is 30.1 Å². The van der Waals surface area contributed by atoms with E-state index >= 15 is 0 Å². The van der Waals surface area contributed by atoms with Gasteiger partial charge >= 0.3 is 5.97 Å². The number of carbonyl (C=O) groups excluding carboxylic acids is 1. The quantitative estimate of drug-likeness (QED) is 0.595. The molecule has 3 fully saturated rings. The number of aliphatic hydroxyl groups is 1. The highest BCUT2D eigenvalue weighted by molar-refractivity contribution is 5.76. The fraction of sp³-hybridized carbons (Fsp3) is 0.654. The Balaban J connectivity index is 1.28. The van der Waals surface area contributed by atoms with E-state index in [9.17, 15) is 9.90 Å². The van der Waals surface area contributed by atoms with Gasteiger partial charge in [0.2, 0.25) is 0 Å². The molecule has 5 heteroatoms. The molecule has 2 aliphatic heterocycles. The van der Waals surface area contributed by atoms with Gasteiger partial charge in [0.25, 0.3) is 0 Å². The molecule has 2 saturated heterocycles. The summed E-state index contributed by atoms with van der Waals surface area (Å²) in [7, 11) is 0. The maximum atomic E-state index is 12.9. The SMILES string of the molecule is Cc1cccc(N2CCN(C[C@@H]3C(=O)O[C@H]4CC5=CCC[C@@H](C)[C@]5(C)[C@@H](O)[C@@H]43)CC2)c1. The summed E-state index contributed by atoms with van der Waals surface area (Å²) in [5.74, 6) is 0.00589. The Morgan fingerprint density at radius 1 is 1.23 bits per heavy atom. The lowest BCUT2D eigenvalue weighted by atomic mass is 9.55. The molecule has 1 saturated carbocycles. The number of hydrogen-bond donors (Lipinski definition) is 1. The lowest BCUT2D eigenvalue weighted by Crippen LogP contribution is -2.55. The molecule has 0 amide bonds. The van der Waals surface area contributed by atoms with Crippen molar-refractivity contribution in [1.29, 1.82) is 0 Å². The second-order valence-corrected chi connectivity index (χ2v) is 10.4. The molecule has 4 aliphatic rings. The van der Waals surface area contributed by atoms with E-state index in [0.717, 1.165) is 45.4 Å². The predicted molar refractivity (Wildman–Crippen MR) is 122 cm³/mol. The number of nitrogens with zero attached hydrogens (tertiary/aromatic N) is 2. The summed E-state index contributed by atoms with van der Waals surface area (Å²) in [5.41, 5.74) is 3.64. The molecular formula is C26H36N2O3. The first-order valence-electron chi connectivity index (χ1n) is 12.0. The molecule has 2 heterocycles. The minimum Gasteiger partial charge on any atom is -0.461 e.